The molecule has 0 spiro atoms. The van der Waals surface area contributed by atoms with Crippen LogP contribution < -0.4 is 10.9 Å². The lowest BCUT2D eigenvalue weighted by Gasteiger charge is -2.27. The second kappa shape index (κ2) is 5.82. The summed E-state index contributed by atoms with van der Waals surface area (Å²) in [5, 5.41) is 11.9. The van der Waals surface area contributed by atoms with Gasteiger partial charge in [0, 0.05) is 18.8 Å². The molecule has 1 saturated carbocycles. The molecule has 0 aliphatic heterocycles. The third-order valence-corrected chi connectivity index (χ3v) is 3.50. The highest BCUT2D eigenvalue weighted by molar-refractivity contribution is 5.93. The van der Waals surface area contributed by atoms with Crippen molar-refractivity contribution in [2.75, 3.05) is 6.61 Å². The highest BCUT2D eigenvalue weighted by Crippen LogP contribution is 2.23. The Hall–Kier alpha value is -1.62. The van der Waals surface area contributed by atoms with Crippen LogP contribution in [-0.2, 0) is 0 Å². The minimum absolute atomic E-state index is 0.111. The molecule has 5 nitrogen and oxygen atoms in total. The van der Waals surface area contributed by atoms with Crippen LogP contribution in [0.2, 0.25) is 0 Å². The summed E-state index contributed by atoms with van der Waals surface area (Å²) in [6.45, 7) is 0.221. The molecule has 0 aromatic carbocycles. The number of hydrogen-bond donors (Lipinski definition) is 3. The zero-order chi connectivity index (χ0) is 13.0. The molecule has 1 aliphatic carbocycles. The van der Waals surface area contributed by atoms with Crippen molar-refractivity contribution in [3.05, 3.63) is 34.2 Å². The number of pyridine rings is 1. The molecule has 18 heavy (non-hydrogen) atoms. The number of aromatic amines is 1. The highest BCUT2D eigenvalue weighted by Gasteiger charge is 2.22. The first-order chi connectivity index (χ1) is 8.70. The maximum atomic E-state index is 11.9. The number of aliphatic hydroxyl groups is 1. The van der Waals surface area contributed by atoms with Gasteiger partial charge in [-0.05, 0) is 43.7 Å². The summed E-state index contributed by atoms with van der Waals surface area (Å²) in [7, 11) is 0. The van der Waals surface area contributed by atoms with Crippen LogP contribution in [0.15, 0.2) is 23.1 Å². The van der Waals surface area contributed by atoms with E-state index in [-0.39, 0.29) is 29.7 Å². The molecule has 0 radical (unpaired) electrons. The number of rotatable bonds is 3. The fraction of sp³-hybridized carbons (Fsp3) is 0.538. The molecule has 0 unspecified atom stereocenters. The van der Waals surface area contributed by atoms with Gasteiger partial charge in [0.2, 0.25) is 0 Å². The van der Waals surface area contributed by atoms with Gasteiger partial charge in [-0.15, -0.1) is 0 Å². The Bertz CT molecular complexity index is 461. The maximum absolute atomic E-state index is 11.9. The van der Waals surface area contributed by atoms with E-state index in [9.17, 15) is 9.59 Å². The minimum atomic E-state index is -0.362. The van der Waals surface area contributed by atoms with Crippen LogP contribution in [-0.4, -0.2) is 28.6 Å². The van der Waals surface area contributed by atoms with Gasteiger partial charge in [0.15, 0.2) is 0 Å². The van der Waals surface area contributed by atoms with Crippen LogP contribution in [0.5, 0.6) is 0 Å². The van der Waals surface area contributed by atoms with E-state index in [4.69, 9.17) is 5.11 Å². The molecule has 1 fully saturated rings. The van der Waals surface area contributed by atoms with Crippen molar-refractivity contribution in [2.45, 2.75) is 31.7 Å². The van der Waals surface area contributed by atoms with Crippen LogP contribution in [0.25, 0.3) is 0 Å². The van der Waals surface area contributed by atoms with Crippen molar-refractivity contribution in [2.24, 2.45) is 5.92 Å². The zero-order valence-corrected chi connectivity index (χ0v) is 10.2. The van der Waals surface area contributed by atoms with Crippen molar-refractivity contribution in [1.29, 1.82) is 0 Å². The van der Waals surface area contributed by atoms with Gasteiger partial charge < -0.3 is 15.4 Å². The van der Waals surface area contributed by atoms with Crippen LogP contribution in [0.1, 0.15) is 36.0 Å². The summed E-state index contributed by atoms with van der Waals surface area (Å²) < 4.78 is 0. The molecule has 1 amide bonds. The molecule has 1 aliphatic rings. The van der Waals surface area contributed by atoms with Crippen molar-refractivity contribution in [1.82, 2.24) is 10.3 Å². The maximum Gasteiger partial charge on any atom is 0.260 e. The molecular formula is C13H18N2O3. The highest BCUT2D eigenvalue weighted by atomic mass is 16.3. The van der Waals surface area contributed by atoms with Gasteiger partial charge in [0.1, 0.15) is 5.56 Å². The second-order valence-electron chi connectivity index (χ2n) is 4.79. The first-order valence-corrected chi connectivity index (χ1v) is 6.30. The Labute approximate surface area is 105 Å². The standard InChI is InChI=1S/C13H18N2O3/c16-8-9-3-5-10(6-4-9)15-13(18)11-2-1-7-14-12(11)17/h1-2,7,9-10,16H,3-6,8H2,(H,14,17)(H,15,18). The van der Waals surface area contributed by atoms with Crippen molar-refractivity contribution in [3.63, 3.8) is 0 Å². The number of aromatic nitrogens is 1. The second-order valence-corrected chi connectivity index (χ2v) is 4.79. The monoisotopic (exact) mass is 250 g/mol. The molecule has 1 heterocycles. The molecule has 1 aromatic rings. The Morgan fingerprint density at radius 1 is 1.39 bits per heavy atom. The fourth-order valence-electron chi connectivity index (χ4n) is 2.35. The van der Waals surface area contributed by atoms with Gasteiger partial charge >= 0.3 is 0 Å². The van der Waals surface area contributed by atoms with Gasteiger partial charge in [-0.25, -0.2) is 0 Å². The van der Waals surface area contributed by atoms with Gasteiger partial charge in [-0.1, -0.05) is 0 Å². The predicted octanol–water partition coefficient (Wildman–Crippen LogP) is 0.656. The lowest BCUT2D eigenvalue weighted by molar-refractivity contribution is 0.0912. The molecule has 1 aromatic heterocycles. The van der Waals surface area contributed by atoms with Gasteiger partial charge in [0.25, 0.3) is 11.5 Å². The van der Waals surface area contributed by atoms with E-state index >= 15 is 0 Å². The quantitative estimate of drug-likeness (QED) is 0.737. The molecule has 5 heteroatoms. The summed E-state index contributed by atoms with van der Waals surface area (Å²) >= 11 is 0. The number of H-pyrrole nitrogens is 1. The van der Waals surface area contributed by atoms with Crippen LogP contribution in [0.3, 0.4) is 0 Å². The molecule has 3 N–H and O–H groups in total. The SMILES string of the molecule is O=C(NC1CCC(CO)CC1)c1ccc[nH]c1=O. The third-order valence-electron chi connectivity index (χ3n) is 3.50. The number of carbonyl (C=O) groups excluding carboxylic acids is 1. The van der Waals surface area contributed by atoms with Gasteiger partial charge in [0.05, 0.1) is 0 Å². The normalized spacial score (nSPS) is 23.6. The van der Waals surface area contributed by atoms with E-state index in [1.165, 1.54) is 12.3 Å². The van der Waals surface area contributed by atoms with Crippen LogP contribution in [0, 0.1) is 5.92 Å². The molecule has 0 saturated heterocycles. The fourth-order valence-corrected chi connectivity index (χ4v) is 2.35. The topological polar surface area (TPSA) is 82.2 Å². The van der Waals surface area contributed by atoms with E-state index in [1.807, 2.05) is 0 Å². The lowest BCUT2D eigenvalue weighted by atomic mass is 9.86. The largest absolute Gasteiger partial charge is 0.396 e. The smallest absolute Gasteiger partial charge is 0.260 e. The minimum Gasteiger partial charge on any atom is -0.396 e. The number of carbonyl (C=O) groups is 1. The number of nitrogens with one attached hydrogen (secondary N) is 2. The first-order valence-electron chi connectivity index (χ1n) is 6.30. The van der Waals surface area contributed by atoms with E-state index in [1.54, 1.807) is 6.07 Å². The summed E-state index contributed by atoms with van der Waals surface area (Å²) in [5.74, 6) is 0.0441. The average molecular weight is 250 g/mol. The van der Waals surface area contributed by atoms with Crippen molar-refractivity contribution in [3.8, 4) is 0 Å². The molecular weight excluding hydrogens is 232 g/mol. The average Bonchev–Trinajstić information content (AvgIpc) is 2.40. The molecule has 0 atom stereocenters. The lowest BCUT2D eigenvalue weighted by Crippen LogP contribution is -2.40. The van der Waals surface area contributed by atoms with E-state index in [2.05, 4.69) is 10.3 Å². The van der Waals surface area contributed by atoms with Crippen molar-refractivity contribution < 1.29 is 9.90 Å². The number of hydrogen-bond acceptors (Lipinski definition) is 3. The first kappa shape index (κ1) is 12.8. The molecule has 98 valence electrons. The predicted molar refractivity (Wildman–Crippen MR) is 67.4 cm³/mol. The summed E-state index contributed by atoms with van der Waals surface area (Å²) in [5.41, 5.74) is -0.208. The number of amides is 1. The Kier molecular flexibility index (Phi) is 4.15. The number of aliphatic hydroxyl groups excluding tert-OH is 1. The van der Waals surface area contributed by atoms with E-state index in [0.29, 0.717) is 5.92 Å². The van der Waals surface area contributed by atoms with Crippen LogP contribution in [0.4, 0.5) is 0 Å². The van der Waals surface area contributed by atoms with E-state index < -0.39 is 0 Å². The van der Waals surface area contributed by atoms with E-state index in [0.717, 1.165) is 25.7 Å². The van der Waals surface area contributed by atoms with Crippen LogP contribution >= 0.6 is 0 Å². The Morgan fingerprint density at radius 2 is 2.11 bits per heavy atom. The summed E-state index contributed by atoms with van der Waals surface area (Å²) in [6.07, 6.45) is 5.08. The molecule has 0 bridgehead atoms. The molecule has 2 rings (SSSR count). The van der Waals surface area contributed by atoms with Gasteiger partial charge in [-0.3, -0.25) is 9.59 Å². The summed E-state index contributed by atoms with van der Waals surface area (Å²) in [6, 6.07) is 3.27. The van der Waals surface area contributed by atoms with Crippen molar-refractivity contribution >= 4 is 5.91 Å². The Morgan fingerprint density at radius 3 is 2.72 bits per heavy atom. The zero-order valence-electron chi connectivity index (χ0n) is 10.2. The summed E-state index contributed by atoms with van der Waals surface area (Å²) in [4.78, 5) is 25.8. The Balaban J connectivity index is 1.93. The van der Waals surface area contributed by atoms with Gasteiger partial charge in [-0.2, -0.15) is 0 Å². The third kappa shape index (κ3) is 2.98.